The first-order valence-corrected chi connectivity index (χ1v) is 5.31. The number of hydrogen-bond acceptors (Lipinski definition) is 2. The minimum Gasteiger partial charge on any atom is -0.329 e. The van der Waals surface area contributed by atoms with E-state index in [1.54, 1.807) is 0 Å². The third kappa shape index (κ3) is 2.76. The molecular weight excluding hydrogens is 148 g/mol. The lowest BCUT2D eigenvalue weighted by atomic mass is 10.3. The van der Waals surface area contributed by atoms with Crippen LogP contribution in [0.15, 0.2) is 0 Å². The zero-order chi connectivity index (χ0) is 8.39. The molecule has 0 unspecified atom stereocenters. The Balaban J connectivity index is 1.66. The molecular formula is C10H20N2. The second-order valence-corrected chi connectivity index (χ2v) is 4.44. The van der Waals surface area contributed by atoms with Gasteiger partial charge in [-0.2, -0.15) is 0 Å². The summed E-state index contributed by atoms with van der Waals surface area (Å²) in [4.78, 5) is 2.58. The molecule has 0 spiro atoms. The zero-order valence-corrected chi connectivity index (χ0v) is 7.84. The van der Waals surface area contributed by atoms with E-state index in [9.17, 15) is 0 Å². The van der Waals surface area contributed by atoms with E-state index in [1.165, 1.54) is 38.8 Å². The summed E-state index contributed by atoms with van der Waals surface area (Å²) in [5.74, 6) is 2.05. The molecule has 0 amide bonds. The smallest absolute Gasteiger partial charge is 0.0105 e. The molecule has 0 bridgehead atoms. The molecule has 12 heavy (non-hydrogen) atoms. The quantitative estimate of drug-likeness (QED) is 0.643. The molecule has 0 saturated heterocycles. The molecule has 0 radical (unpaired) electrons. The van der Waals surface area contributed by atoms with Crippen molar-refractivity contribution in [1.82, 2.24) is 4.90 Å². The Hall–Kier alpha value is -0.0800. The number of rotatable bonds is 6. The van der Waals surface area contributed by atoms with Gasteiger partial charge < -0.3 is 10.6 Å². The van der Waals surface area contributed by atoms with Crippen molar-refractivity contribution in [2.75, 3.05) is 26.2 Å². The maximum Gasteiger partial charge on any atom is 0.0105 e. The summed E-state index contributed by atoms with van der Waals surface area (Å²) in [6, 6.07) is 0. The van der Waals surface area contributed by atoms with Crippen molar-refractivity contribution in [2.45, 2.75) is 25.7 Å². The van der Waals surface area contributed by atoms with Gasteiger partial charge in [0, 0.05) is 26.2 Å². The lowest BCUT2D eigenvalue weighted by molar-refractivity contribution is 0.259. The van der Waals surface area contributed by atoms with Gasteiger partial charge >= 0.3 is 0 Å². The topological polar surface area (TPSA) is 29.3 Å². The molecule has 0 aromatic carbocycles. The van der Waals surface area contributed by atoms with Gasteiger partial charge in [-0.05, 0) is 37.5 Å². The van der Waals surface area contributed by atoms with Crippen molar-refractivity contribution in [3.05, 3.63) is 0 Å². The standard InChI is InChI=1S/C10H20N2/c11-5-6-12(7-9-1-2-9)8-10-3-4-10/h9-10H,1-8,11H2. The predicted octanol–water partition coefficient (Wildman–Crippen LogP) is 1.07. The fourth-order valence-corrected chi connectivity index (χ4v) is 1.77. The van der Waals surface area contributed by atoms with E-state index in [4.69, 9.17) is 5.73 Å². The number of nitrogens with zero attached hydrogens (tertiary/aromatic N) is 1. The lowest BCUT2D eigenvalue weighted by Gasteiger charge is -2.20. The average molecular weight is 168 g/mol. The molecule has 2 N–H and O–H groups in total. The molecule has 2 fully saturated rings. The molecule has 2 heteroatoms. The number of hydrogen-bond donors (Lipinski definition) is 1. The first-order valence-electron chi connectivity index (χ1n) is 5.31. The molecule has 2 rings (SSSR count). The first-order chi connectivity index (χ1) is 5.88. The highest BCUT2D eigenvalue weighted by atomic mass is 15.1. The summed E-state index contributed by atoms with van der Waals surface area (Å²) < 4.78 is 0. The van der Waals surface area contributed by atoms with Gasteiger partial charge in [-0.25, -0.2) is 0 Å². The summed E-state index contributed by atoms with van der Waals surface area (Å²) in [6.07, 6.45) is 5.86. The molecule has 0 aromatic heterocycles. The normalized spacial score (nSPS) is 23.5. The van der Waals surface area contributed by atoms with Crippen LogP contribution in [0.5, 0.6) is 0 Å². The van der Waals surface area contributed by atoms with Crippen molar-refractivity contribution in [3.63, 3.8) is 0 Å². The minimum atomic E-state index is 0.833. The van der Waals surface area contributed by atoms with E-state index >= 15 is 0 Å². The Morgan fingerprint density at radius 1 is 1.00 bits per heavy atom. The highest BCUT2D eigenvalue weighted by molar-refractivity contribution is 4.82. The van der Waals surface area contributed by atoms with Crippen LogP contribution in [0.1, 0.15) is 25.7 Å². The van der Waals surface area contributed by atoms with Gasteiger partial charge in [-0.3, -0.25) is 0 Å². The fraction of sp³-hybridized carbons (Fsp3) is 1.00. The molecule has 70 valence electrons. The Bertz CT molecular complexity index is 125. The largest absolute Gasteiger partial charge is 0.329 e. The second-order valence-electron chi connectivity index (χ2n) is 4.44. The van der Waals surface area contributed by atoms with Gasteiger partial charge in [-0.1, -0.05) is 0 Å². The Labute approximate surface area is 75.1 Å². The van der Waals surface area contributed by atoms with Crippen LogP contribution in [-0.2, 0) is 0 Å². The predicted molar refractivity (Wildman–Crippen MR) is 50.9 cm³/mol. The van der Waals surface area contributed by atoms with Crippen LogP contribution in [-0.4, -0.2) is 31.1 Å². The van der Waals surface area contributed by atoms with E-state index in [2.05, 4.69) is 4.90 Å². The Morgan fingerprint density at radius 3 is 1.83 bits per heavy atom. The highest BCUT2D eigenvalue weighted by Gasteiger charge is 2.28. The van der Waals surface area contributed by atoms with Crippen molar-refractivity contribution in [2.24, 2.45) is 17.6 Å². The monoisotopic (exact) mass is 168 g/mol. The molecule has 0 heterocycles. The lowest BCUT2D eigenvalue weighted by Crippen LogP contribution is -2.33. The van der Waals surface area contributed by atoms with Gasteiger partial charge in [0.25, 0.3) is 0 Å². The average Bonchev–Trinajstić information content (AvgIpc) is 2.82. The van der Waals surface area contributed by atoms with E-state index in [0.29, 0.717) is 0 Å². The second kappa shape index (κ2) is 3.75. The number of nitrogens with two attached hydrogens (primary N) is 1. The van der Waals surface area contributed by atoms with Gasteiger partial charge in [0.1, 0.15) is 0 Å². The summed E-state index contributed by atoms with van der Waals surface area (Å²) in [5.41, 5.74) is 5.58. The van der Waals surface area contributed by atoms with Crippen LogP contribution in [0.4, 0.5) is 0 Å². The molecule has 2 saturated carbocycles. The van der Waals surface area contributed by atoms with Crippen LogP contribution < -0.4 is 5.73 Å². The van der Waals surface area contributed by atoms with Crippen LogP contribution in [0, 0.1) is 11.8 Å². The van der Waals surface area contributed by atoms with Crippen molar-refractivity contribution < 1.29 is 0 Å². The summed E-state index contributed by atoms with van der Waals surface area (Å²) >= 11 is 0. The SMILES string of the molecule is NCCN(CC1CC1)CC1CC1. The fourth-order valence-electron chi connectivity index (χ4n) is 1.77. The van der Waals surface area contributed by atoms with Crippen LogP contribution in [0.2, 0.25) is 0 Å². The molecule has 0 aromatic rings. The molecule has 2 aliphatic rings. The van der Waals surface area contributed by atoms with Crippen molar-refractivity contribution in [3.8, 4) is 0 Å². The Morgan fingerprint density at radius 2 is 1.50 bits per heavy atom. The summed E-state index contributed by atoms with van der Waals surface area (Å²) in [5, 5.41) is 0. The minimum absolute atomic E-state index is 0.833. The molecule has 0 atom stereocenters. The van der Waals surface area contributed by atoms with Crippen molar-refractivity contribution >= 4 is 0 Å². The van der Waals surface area contributed by atoms with Gasteiger partial charge in [0.2, 0.25) is 0 Å². The van der Waals surface area contributed by atoms with Gasteiger partial charge in [-0.15, -0.1) is 0 Å². The third-order valence-electron chi connectivity index (χ3n) is 2.87. The van der Waals surface area contributed by atoms with E-state index in [0.717, 1.165) is 24.9 Å². The van der Waals surface area contributed by atoms with Crippen LogP contribution >= 0.6 is 0 Å². The maximum atomic E-state index is 5.58. The third-order valence-corrected chi connectivity index (χ3v) is 2.87. The van der Waals surface area contributed by atoms with Gasteiger partial charge in [0.05, 0.1) is 0 Å². The van der Waals surface area contributed by atoms with Crippen LogP contribution in [0.25, 0.3) is 0 Å². The molecule has 2 aliphatic carbocycles. The molecule has 2 nitrogen and oxygen atoms in total. The first kappa shape index (κ1) is 8.52. The highest BCUT2D eigenvalue weighted by Crippen LogP contribution is 2.33. The Kier molecular flexibility index (Phi) is 2.66. The summed E-state index contributed by atoms with van der Waals surface area (Å²) in [6.45, 7) is 4.61. The van der Waals surface area contributed by atoms with E-state index < -0.39 is 0 Å². The summed E-state index contributed by atoms with van der Waals surface area (Å²) in [7, 11) is 0. The van der Waals surface area contributed by atoms with Gasteiger partial charge in [0.15, 0.2) is 0 Å². The van der Waals surface area contributed by atoms with E-state index in [1.807, 2.05) is 0 Å². The molecule has 0 aliphatic heterocycles. The van der Waals surface area contributed by atoms with Crippen molar-refractivity contribution in [1.29, 1.82) is 0 Å². The van der Waals surface area contributed by atoms with Crippen LogP contribution in [0.3, 0.4) is 0 Å². The maximum absolute atomic E-state index is 5.58. The zero-order valence-electron chi connectivity index (χ0n) is 7.84. The van der Waals surface area contributed by atoms with E-state index in [-0.39, 0.29) is 0 Å².